The number of fused-ring (bicyclic) bond motifs is 1. The zero-order valence-electron chi connectivity index (χ0n) is 13.3. The van der Waals surface area contributed by atoms with Crippen LogP contribution in [0.25, 0.3) is 0 Å². The highest BCUT2D eigenvalue weighted by molar-refractivity contribution is 5.36. The van der Waals surface area contributed by atoms with Crippen LogP contribution in [0.3, 0.4) is 0 Å². The van der Waals surface area contributed by atoms with E-state index in [0.29, 0.717) is 6.54 Å². The van der Waals surface area contributed by atoms with Crippen molar-refractivity contribution in [2.45, 2.75) is 63.9 Å². The Balaban J connectivity index is 2.06. The van der Waals surface area contributed by atoms with Crippen molar-refractivity contribution in [3.05, 3.63) is 35.4 Å². The number of rotatable bonds is 3. The van der Waals surface area contributed by atoms with Crippen molar-refractivity contribution in [3.63, 3.8) is 0 Å². The maximum atomic E-state index is 11.8. The van der Waals surface area contributed by atoms with Crippen molar-refractivity contribution < 1.29 is 5.11 Å². The number of hydrogen-bond acceptors (Lipinski definition) is 2. The summed E-state index contributed by atoms with van der Waals surface area (Å²) >= 11 is 0. The van der Waals surface area contributed by atoms with E-state index in [4.69, 9.17) is 5.73 Å². The molecule has 1 fully saturated rings. The molecular formula is C19H29NO. The fourth-order valence-corrected chi connectivity index (χ4v) is 4.84. The molecular weight excluding hydrogens is 258 g/mol. The molecule has 0 saturated heterocycles. The van der Waals surface area contributed by atoms with Gasteiger partial charge in [-0.25, -0.2) is 0 Å². The van der Waals surface area contributed by atoms with Gasteiger partial charge in [0.1, 0.15) is 0 Å². The monoisotopic (exact) mass is 287 g/mol. The largest absolute Gasteiger partial charge is 0.385 e. The first-order valence-corrected chi connectivity index (χ1v) is 8.66. The SMILES string of the molecule is CCC1CCC(CN)(C2(O)CCCCc3ccccc32)C1. The van der Waals surface area contributed by atoms with Crippen LogP contribution in [0.4, 0.5) is 0 Å². The summed E-state index contributed by atoms with van der Waals surface area (Å²) in [6.45, 7) is 2.87. The fraction of sp³-hybridized carbons (Fsp3) is 0.684. The Morgan fingerprint density at radius 2 is 2.05 bits per heavy atom. The molecule has 0 amide bonds. The van der Waals surface area contributed by atoms with Crippen LogP contribution in [-0.2, 0) is 12.0 Å². The molecule has 0 heterocycles. The predicted octanol–water partition coefficient (Wildman–Crippen LogP) is 3.76. The summed E-state index contributed by atoms with van der Waals surface area (Å²) in [5.74, 6) is 0.730. The van der Waals surface area contributed by atoms with Crippen molar-refractivity contribution in [1.82, 2.24) is 0 Å². The summed E-state index contributed by atoms with van der Waals surface area (Å²) in [4.78, 5) is 0. The van der Waals surface area contributed by atoms with Gasteiger partial charge >= 0.3 is 0 Å². The molecule has 1 saturated carbocycles. The van der Waals surface area contributed by atoms with Gasteiger partial charge in [0, 0.05) is 12.0 Å². The van der Waals surface area contributed by atoms with Gasteiger partial charge in [0.25, 0.3) is 0 Å². The van der Waals surface area contributed by atoms with Gasteiger partial charge in [-0.2, -0.15) is 0 Å². The van der Waals surface area contributed by atoms with Crippen molar-refractivity contribution in [1.29, 1.82) is 0 Å². The van der Waals surface area contributed by atoms with Gasteiger partial charge in [-0.15, -0.1) is 0 Å². The molecule has 3 N–H and O–H groups in total. The molecule has 0 aromatic heterocycles. The molecule has 0 radical (unpaired) electrons. The van der Waals surface area contributed by atoms with E-state index in [0.717, 1.165) is 38.0 Å². The number of hydrogen-bond donors (Lipinski definition) is 2. The lowest BCUT2D eigenvalue weighted by Crippen LogP contribution is -2.49. The van der Waals surface area contributed by atoms with Crippen molar-refractivity contribution in [3.8, 4) is 0 Å². The van der Waals surface area contributed by atoms with Gasteiger partial charge < -0.3 is 10.8 Å². The van der Waals surface area contributed by atoms with Gasteiger partial charge in [-0.1, -0.05) is 37.6 Å². The minimum Gasteiger partial charge on any atom is -0.385 e. The molecule has 3 unspecified atom stereocenters. The standard InChI is InChI=1S/C19H29NO/c1-2-15-10-12-18(13-15,14-20)19(21)11-6-5-8-16-7-3-4-9-17(16)19/h3-4,7,9,15,21H,2,5-6,8,10-14,20H2,1H3. The lowest BCUT2D eigenvalue weighted by Gasteiger charge is -2.46. The van der Waals surface area contributed by atoms with Gasteiger partial charge in [0.15, 0.2) is 0 Å². The highest BCUT2D eigenvalue weighted by Crippen LogP contribution is 2.56. The van der Waals surface area contributed by atoms with E-state index in [2.05, 4.69) is 31.2 Å². The summed E-state index contributed by atoms with van der Waals surface area (Å²) in [6, 6.07) is 8.52. The Kier molecular flexibility index (Phi) is 4.11. The highest BCUT2D eigenvalue weighted by atomic mass is 16.3. The molecule has 2 nitrogen and oxygen atoms in total. The van der Waals surface area contributed by atoms with Crippen LogP contribution in [0.2, 0.25) is 0 Å². The summed E-state index contributed by atoms with van der Waals surface area (Å²) in [6.07, 6.45) is 8.84. The molecule has 1 aromatic rings. The summed E-state index contributed by atoms with van der Waals surface area (Å²) < 4.78 is 0. The van der Waals surface area contributed by atoms with E-state index in [1.165, 1.54) is 30.4 Å². The smallest absolute Gasteiger partial charge is 0.0967 e. The molecule has 116 valence electrons. The Morgan fingerprint density at radius 1 is 1.24 bits per heavy atom. The number of aliphatic hydroxyl groups is 1. The third-order valence-electron chi connectivity index (χ3n) is 6.25. The maximum absolute atomic E-state index is 11.8. The number of benzene rings is 1. The topological polar surface area (TPSA) is 46.2 Å². The van der Waals surface area contributed by atoms with E-state index in [9.17, 15) is 5.11 Å². The molecule has 1 aromatic carbocycles. The molecule has 2 aliphatic rings. The normalized spacial score (nSPS) is 36.2. The van der Waals surface area contributed by atoms with Crippen LogP contribution in [0.15, 0.2) is 24.3 Å². The summed E-state index contributed by atoms with van der Waals surface area (Å²) in [7, 11) is 0. The van der Waals surface area contributed by atoms with Crippen LogP contribution in [-0.4, -0.2) is 11.7 Å². The quantitative estimate of drug-likeness (QED) is 0.832. The first kappa shape index (κ1) is 15.1. The second kappa shape index (κ2) is 5.73. The second-order valence-electron chi connectivity index (χ2n) is 7.23. The minimum atomic E-state index is -0.723. The van der Waals surface area contributed by atoms with Gasteiger partial charge in [0.2, 0.25) is 0 Å². The Hall–Kier alpha value is -0.860. The third-order valence-corrected chi connectivity index (χ3v) is 6.25. The number of nitrogens with two attached hydrogens (primary N) is 1. The van der Waals surface area contributed by atoms with E-state index in [-0.39, 0.29) is 5.41 Å². The van der Waals surface area contributed by atoms with Crippen molar-refractivity contribution >= 4 is 0 Å². The predicted molar refractivity (Wildman–Crippen MR) is 87.0 cm³/mol. The molecule has 0 aliphatic heterocycles. The average molecular weight is 287 g/mol. The lowest BCUT2D eigenvalue weighted by molar-refractivity contribution is -0.0939. The van der Waals surface area contributed by atoms with Crippen LogP contribution >= 0.6 is 0 Å². The molecule has 2 heteroatoms. The van der Waals surface area contributed by atoms with Gasteiger partial charge in [-0.05, 0) is 62.0 Å². The molecule has 0 bridgehead atoms. The van der Waals surface area contributed by atoms with Gasteiger partial charge in [-0.3, -0.25) is 0 Å². The average Bonchev–Trinajstić information content (AvgIpc) is 2.89. The minimum absolute atomic E-state index is 0.117. The molecule has 3 atom stereocenters. The molecule has 21 heavy (non-hydrogen) atoms. The highest BCUT2D eigenvalue weighted by Gasteiger charge is 2.54. The van der Waals surface area contributed by atoms with Crippen LogP contribution < -0.4 is 5.73 Å². The Labute approximate surface area is 128 Å². The van der Waals surface area contributed by atoms with Crippen LogP contribution in [0.5, 0.6) is 0 Å². The summed E-state index contributed by atoms with van der Waals surface area (Å²) in [5, 5.41) is 11.8. The zero-order valence-corrected chi connectivity index (χ0v) is 13.3. The summed E-state index contributed by atoms with van der Waals surface area (Å²) in [5.41, 5.74) is 7.92. The van der Waals surface area contributed by atoms with Crippen molar-refractivity contribution in [2.24, 2.45) is 17.1 Å². The first-order valence-electron chi connectivity index (χ1n) is 8.66. The van der Waals surface area contributed by atoms with Crippen LogP contribution in [0, 0.1) is 11.3 Å². The number of aryl methyl sites for hydroxylation is 1. The molecule has 0 spiro atoms. The van der Waals surface area contributed by atoms with E-state index in [1.807, 2.05) is 0 Å². The third kappa shape index (κ3) is 2.33. The lowest BCUT2D eigenvalue weighted by atomic mass is 9.64. The van der Waals surface area contributed by atoms with E-state index >= 15 is 0 Å². The Bertz CT molecular complexity index is 500. The fourth-order valence-electron chi connectivity index (χ4n) is 4.84. The Morgan fingerprint density at radius 3 is 2.76 bits per heavy atom. The van der Waals surface area contributed by atoms with E-state index in [1.54, 1.807) is 0 Å². The second-order valence-corrected chi connectivity index (χ2v) is 7.23. The van der Waals surface area contributed by atoms with E-state index < -0.39 is 5.60 Å². The maximum Gasteiger partial charge on any atom is 0.0967 e. The van der Waals surface area contributed by atoms with Gasteiger partial charge in [0.05, 0.1) is 5.60 Å². The molecule has 3 rings (SSSR count). The first-order chi connectivity index (χ1) is 10.1. The molecule has 2 aliphatic carbocycles. The zero-order chi connectivity index (χ0) is 14.9. The van der Waals surface area contributed by atoms with Crippen LogP contribution in [0.1, 0.15) is 63.0 Å². The van der Waals surface area contributed by atoms with Crippen molar-refractivity contribution in [2.75, 3.05) is 6.54 Å².